The first kappa shape index (κ1) is 13.3. The molecule has 19 heavy (non-hydrogen) atoms. The Balaban J connectivity index is 2.14. The molecule has 0 spiro atoms. The summed E-state index contributed by atoms with van der Waals surface area (Å²) in [4.78, 5) is 39.3. The van der Waals surface area contributed by atoms with Gasteiger partial charge in [-0.05, 0) is 25.0 Å². The maximum absolute atomic E-state index is 12.2. The van der Waals surface area contributed by atoms with Crippen LogP contribution >= 0.6 is 0 Å². The second kappa shape index (κ2) is 5.69. The minimum Gasteiger partial charge on any atom is -0.469 e. The summed E-state index contributed by atoms with van der Waals surface area (Å²) in [5.41, 5.74) is -0.305. The third-order valence-electron chi connectivity index (χ3n) is 3.29. The average molecular weight is 264 g/mol. The van der Waals surface area contributed by atoms with E-state index in [1.165, 1.54) is 24.3 Å². The van der Waals surface area contributed by atoms with Gasteiger partial charge in [0.1, 0.15) is 5.56 Å². The highest BCUT2D eigenvalue weighted by molar-refractivity contribution is 5.94. The monoisotopic (exact) mass is 264 g/mol. The van der Waals surface area contributed by atoms with Crippen molar-refractivity contribution in [3.8, 4) is 0 Å². The summed E-state index contributed by atoms with van der Waals surface area (Å²) in [6.07, 6.45) is 2.92. The van der Waals surface area contributed by atoms with Gasteiger partial charge in [-0.3, -0.25) is 14.4 Å². The van der Waals surface area contributed by atoms with Gasteiger partial charge in [0.15, 0.2) is 0 Å². The van der Waals surface area contributed by atoms with Gasteiger partial charge in [-0.2, -0.15) is 0 Å². The third kappa shape index (κ3) is 2.83. The Bertz CT molecular complexity index is 537. The van der Waals surface area contributed by atoms with Crippen LogP contribution in [0.15, 0.2) is 23.1 Å². The fourth-order valence-electron chi connectivity index (χ4n) is 2.28. The van der Waals surface area contributed by atoms with Crippen molar-refractivity contribution in [2.75, 3.05) is 20.2 Å². The second-order valence-corrected chi connectivity index (χ2v) is 4.53. The van der Waals surface area contributed by atoms with Crippen LogP contribution in [0.4, 0.5) is 0 Å². The van der Waals surface area contributed by atoms with E-state index in [0.29, 0.717) is 19.5 Å². The van der Waals surface area contributed by atoms with Crippen molar-refractivity contribution in [1.82, 2.24) is 9.88 Å². The molecule has 0 aliphatic carbocycles. The molecule has 6 heteroatoms. The van der Waals surface area contributed by atoms with Crippen LogP contribution in [0.3, 0.4) is 0 Å². The molecule has 6 nitrogen and oxygen atoms in total. The number of carbonyl (C=O) groups is 2. The number of H-pyrrole nitrogens is 1. The standard InChI is InChI=1S/C13H16N2O4/c1-19-13(18)9-4-3-7-15(8-9)12(17)10-5-2-6-14-11(10)16/h2,5-6,9H,3-4,7-8H2,1H3,(H,14,16)/t9-/m0/s1. The number of pyridine rings is 1. The largest absolute Gasteiger partial charge is 0.469 e. The van der Waals surface area contributed by atoms with Crippen molar-refractivity contribution in [2.45, 2.75) is 12.8 Å². The molecular weight excluding hydrogens is 248 g/mol. The molecule has 0 aromatic carbocycles. The molecule has 1 aliphatic heterocycles. The molecule has 1 aromatic rings. The van der Waals surface area contributed by atoms with Crippen molar-refractivity contribution < 1.29 is 14.3 Å². The van der Waals surface area contributed by atoms with Gasteiger partial charge in [0.2, 0.25) is 0 Å². The van der Waals surface area contributed by atoms with E-state index >= 15 is 0 Å². The summed E-state index contributed by atoms with van der Waals surface area (Å²) < 4.78 is 4.70. The van der Waals surface area contributed by atoms with Crippen LogP contribution in [0, 0.1) is 5.92 Å². The van der Waals surface area contributed by atoms with Crippen LogP contribution in [-0.4, -0.2) is 42.0 Å². The maximum Gasteiger partial charge on any atom is 0.310 e. The first-order valence-corrected chi connectivity index (χ1v) is 6.18. The van der Waals surface area contributed by atoms with E-state index in [1.807, 2.05) is 0 Å². The Labute approximate surface area is 110 Å². The van der Waals surface area contributed by atoms with Crippen molar-refractivity contribution in [3.05, 3.63) is 34.2 Å². The lowest BCUT2D eigenvalue weighted by Gasteiger charge is -2.31. The average Bonchev–Trinajstić information content (AvgIpc) is 2.46. The lowest BCUT2D eigenvalue weighted by atomic mass is 9.97. The lowest BCUT2D eigenvalue weighted by Crippen LogP contribution is -2.44. The zero-order valence-corrected chi connectivity index (χ0v) is 10.7. The Kier molecular flexibility index (Phi) is 3.99. The number of aromatic nitrogens is 1. The van der Waals surface area contributed by atoms with E-state index in [9.17, 15) is 14.4 Å². The fourth-order valence-corrected chi connectivity index (χ4v) is 2.28. The summed E-state index contributed by atoms with van der Waals surface area (Å²) in [7, 11) is 1.34. The van der Waals surface area contributed by atoms with Crippen LogP contribution < -0.4 is 5.56 Å². The lowest BCUT2D eigenvalue weighted by molar-refractivity contribution is -0.146. The Hall–Kier alpha value is -2.11. The summed E-state index contributed by atoms with van der Waals surface area (Å²) in [6.45, 7) is 0.862. The molecule has 102 valence electrons. The number of ether oxygens (including phenoxy) is 1. The van der Waals surface area contributed by atoms with Gasteiger partial charge < -0.3 is 14.6 Å². The molecule has 1 fully saturated rings. The van der Waals surface area contributed by atoms with Gasteiger partial charge in [0.25, 0.3) is 11.5 Å². The SMILES string of the molecule is COC(=O)[C@H]1CCCN(C(=O)c2ccc[nH]c2=O)C1. The van der Waals surface area contributed by atoms with Gasteiger partial charge in [-0.1, -0.05) is 0 Å². The predicted octanol–water partition coefficient (Wildman–Crippen LogP) is 0.400. The number of aromatic amines is 1. The van der Waals surface area contributed by atoms with Crippen LogP contribution in [0.25, 0.3) is 0 Å². The maximum atomic E-state index is 12.2. The zero-order chi connectivity index (χ0) is 13.8. The molecule has 1 aromatic heterocycles. The van der Waals surface area contributed by atoms with E-state index in [2.05, 4.69) is 4.98 Å². The molecule has 2 rings (SSSR count). The Morgan fingerprint density at radius 3 is 2.95 bits per heavy atom. The Morgan fingerprint density at radius 2 is 2.26 bits per heavy atom. The van der Waals surface area contributed by atoms with E-state index in [0.717, 1.165) is 6.42 Å². The summed E-state index contributed by atoms with van der Waals surface area (Å²) in [5, 5.41) is 0. The number of nitrogens with zero attached hydrogens (tertiary/aromatic N) is 1. The molecule has 2 heterocycles. The number of piperidine rings is 1. The summed E-state index contributed by atoms with van der Waals surface area (Å²) in [6, 6.07) is 3.10. The number of amides is 1. The van der Waals surface area contributed by atoms with Crippen LogP contribution in [0.2, 0.25) is 0 Å². The van der Waals surface area contributed by atoms with Crippen molar-refractivity contribution >= 4 is 11.9 Å². The smallest absolute Gasteiger partial charge is 0.310 e. The first-order chi connectivity index (χ1) is 9.13. The number of rotatable bonds is 2. The molecule has 1 saturated heterocycles. The van der Waals surface area contributed by atoms with Crippen LogP contribution in [0.1, 0.15) is 23.2 Å². The molecule has 0 radical (unpaired) electrons. The minimum atomic E-state index is -0.410. The highest BCUT2D eigenvalue weighted by Crippen LogP contribution is 2.18. The number of esters is 1. The van der Waals surface area contributed by atoms with Crippen molar-refractivity contribution in [1.29, 1.82) is 0 Å². The number of likely N-dealkylation sites (tertiary alicyclic amines) is 1. The van der Waals surface area contributed by atoms with Gasteiger partial charge in [-0.15, -0.1) is 0 Å². The van der Waals surface area contributed by atoms with E-state index in [-0.39, 0.29) is 23.4 Å². The van der Waals surface area contributed by atoms with Crippen LogP contribution in [-0.2, 0) is 9.53 Å². The number of carbonyl (C=O) groups excluding carboxylic acids is 2. The minimum absolute atomic E-state index is 0.105. The molecule has 0 bridgehead atoms. The Morgan fingerprint density at radius 1 is 1.47 bits per heavy atom. The van der Waals surface area contributed by atoms with E-state index < -0.39 is 5.56 Å². The van der Waals surface area contributed by atoms with Crippen LogP contribution in [0.5, 0.6) is 0 Å². The van der Waals surface area contributed by atoms with E-state index in [4.69, 9.17) is 4.74 Å². The molecule has 1 amide bonds. The van der Waals surface area contributed by atoms with Gasteiger partial charge >= 0.3 is 5.97 Å². The summed E-state index contributed by atoms with van der Waals surface area (Å²) >= 11 is 0. The van der Waals surface area contributed by atoms with Crippen molar-refractivity contribution in [3.63, 3.8) is 0 Å². The van der Waals surface area contributed by atoms with E-state index in [1.54, 1.807) is 6.07 Å². The molecule has 0 saturated carbocycles. The third-order valence-corrected chi connectivity index (χ3v) is 3.29. The normalized spacial score (nSPS) is 19.0. The molecule has 1 aliphatic rings. The first-order valence-electron chi connectivity index (χ1n) is 6.18. The van der Waals surface area contributed by atoms with Gasteiger partial charge in [0, 0.05) is 19.3 Å². The zero-order valence-electron chi connectivity index (χ0n) is 10.7. The highest BCUT2D eigenvalue weighted by Gasteiger charge is 2.30. The predicted molar refractivity (Wildman–Crippen MR) is 67.7 cm³/mol. The number of methoxy groups -OCH3 is 1. The second-order valence-electron chi connectivity index (χ2n) is 4.53. The van der Waals surface area contributed by atoms with Gasteiger partial charge in [-0.25, -0.2) is 0 Å². The van der Waals surface area contributed by atoms with Gasteiger partial charge in [0.05, 0.1) is 13.0 Å². The molecular formula is C13H16N2O4. The summed E-state index contributed by atoms with van der Waals surface area (Å²) in [5.74, 6) is -0.944. The van der Waals surface area contributed by atoms with Crippen molar-refractivity contribution in [2.24, 2.45) is 5.92 Å². The number of hydrogen-bond acceptors (Lipinski definition) is 4. The number of hydrogen-bond donors (Lipinski definition) is 1. The number of nitrogens with one attached hydrogen (secondary N) is 1. The molecule has 1 N–H and O–H groups in total. The quantitative estimate of drug-likeness (QED) is 0.784. The fraction of sp³-hybridized carbons (Fsp3) is 0.462. The molecule has 0 unspecified atom stereocenters. The topological polar surface area (TPSA) is 79.5 Å². The highest BCUT2D eigenvalue weighted by atomic mass is 16.5. The molecule has 1 atom stereocenters.